The van der Waals surface area contributed by atoms with E-state index < -0.39 is 0 Å². The van der Waals surface area contributed by atoms with E-state index in [4.69, 9.17) is 4.74 Å². The molecule has 1 N–H and O–H groups in total. The minimum atomic E-state index is 0.00464. The van der Waals surface area contributed by atoms with Gasteiger partial charge in [0.15, 0.2) is 17.2 Å². The molecule has 4 aromatic rings. The van der Waals surface area contributed by atoms with Gasteiger partial charge in [0.1, 0.15) is 5.75 Å². The summed E-state index contributed by atoms with van der Waals surface area (Å²) in [7, 11) is 0. The Kier molecular flexibility index (Phi) is 7.11. The van der Waals surface area contributed by atoms with Gasteiger partial charge in [-0.05, 0) is 80.6 Å². The number of amides is 1. The first-order chi connectivity index (χ1) is 19.0. The number of carbonyl (C=O) groups is 2. The lowest BCUT2D eigenvalue weighted by atomic mass is 9.98. The molecule has 8 heteroatoms. The van der Waals surface area contributed by atoms with E-state index in [2.05, 4.69) is 32.4 Å². The van der Waals surface area contributed by atoms with Crippen LogP contribution in [0.2, 0.25) is 0 Å². The Balaban J connectivity index is 1.10. The highest BCUT2D eigenvalue weighted by atomic mass is 16.5. The molecule has 0 radical (unpaired) electrons. The summed E-state index contributed by atoms with van der Waals surface area (Å²) >= 11 is 0. The molecule has 200 valence electrons. The Labute approximate surface area is 228 Å². The Hall–Kier alpha value is -4.04. The van der Waals surface area contributed by atoms with Crippen LogP contribution in [0.3, 0.4) is 0 Å². The van der Waals surface area contributed by atoms with Gasteiger partial charge < -0.3 is 10.1 Å². The molecule has 3 heterocycles. The largest absolute Gasteiger partial charge is 0.438 e. The smallest absolute Gasteiger partial charge is 0.237 e. The number of benzene rings is 2. The van der Waals surface area contributed by atoms with Gasteiger partial charge >= 0.3 is 0 Å². The summed E-state index contributed by atoms with van der Waals surface area (Å²) in [4.78, 5) is 32.0. The number of imidazole rings is 1. The normalized spacial score (nSPS) is 15.8. The van der Waals surface area contributed by atoms with Crippen LogP contribution in [-0.2, 0) is 17.8 Å². The Bertz CT molecular complexity index is 1500. The maximum Gasteiger partial charge on any atom is 0.237 e. The average Bonchev–Trinajstić information content (AvgIpc) is 3.72. The molecule has 1 saturated carbocycles. The molecule has 2 aromatic heterocycles. The van der Waals surface area contributed by atoms with Crippen molar-refractivity contribution in [2.75, 3.05) is 18.4 Å². The van der Waals surface area contributed by atoms with Gasteiger partial charge in [-0.15, -0.1) is 5.10 Å². The molecule has 0 unspecified atom stereocenters. The fourth-order valence-corrected chi connectivity index (χ4v) is 5.02. The number of nitrogens with zero attached hydrogens (tertiary/aromatic N) is 4. The van der Waals surface area contributed by atoms with Crippen LogP contribution in [0.5, 0.6) is 11.6 Å². The molecule has 39 heavy (non-hydrogen) atoms. The number of ketones is 1. The molecule has 1 aliphatic carbocycles. The van der Waals surface area contributed by atoms with Crippen LogP contribution < -0.4 is 10.1 Å². The van der Waals surface area contributed by atoms with Crippen molar-refractivity contribution in [2.45, 2.75) is 52.0 Å². The van der Waals surface area contributed by atoms with E-state index in [0.717, 1.165) is 49.2 Å². The molecule has 0 spiro atoms. The van der Waals surface area contributed by atoms with Crippen LogP contribution in [0.15, 0.2) is 60.8 Å². The van der Waals surface area contributed by atoms with Crippen LogP contribution in [-0.4, -0.2) is 44.3 Å². The first-order valence-electron chi connectivity index (χ1n) is 13.8. The van der Waals surface area contributed by atoms with E-state index in [0.29, 0.717) is 29.5 Å². The number of ether oxygens (including phenoxy) is 1. The Morgan fingerprint density at radius 2 is 1.79 bits per heavy atom. The highest BCUT2D eigenvalue weighted by molar-refractivity contribution is 5.97. The molecular formula is C31H33N5O3. The summed E-state index contributed by atoms with van der Waals surface area (Å²) in [6, 6.07) is 17.3. The highest BCUT2D eigenvalue weighted by Crippen LogP contribution is 2.30. The average molecular weight is 524 g/mol. The van der Waals surface area contributed by atoms with Crippen molar-refractivity contribution in [3.05, 3.63) is 83.0 Å². The number of aryl methyl sites for hydroxylation is 1. The van der Waals surface area contributed by atoms with Crippen LogP contribution in [0, 0.1) is 12.8 Å². The van der Waals surface area contributed by atoms with Gasteiger partial charge in [0.05, 0.1) is 6.20 Å². The molecule has 6 rings (SSSR count). The molecule has 2 fully saturated rings. The first-order valence-corrected chi connectivity index (χ1v) is 13.8. The molecule has 1 aliphatic heterocycles. The van der Waals surface area contributed by atoms with Gasteiger partial charge in [-0.1, -0.05) is 36.8 Å². The fourth-order valence-electron chi connectivity index (χ4n) is 5.02. The van der Waals surface area contributed by atoms with Gasteiger partial charge in [-0.2, -0.15) is 0 Å². The number of anilines is 1. The molecule has 2 aromatic carbocycles. The number of fused-ring (bicyclic) bond motifs is 1. The number of hydrogen-bond acceptors (Lipinski definition) is 6. The summed E-state index contributed by atoms with van der Waals surface area (Å²) in [5.41, 5.74) is 4.54. The monoisotopic (exact) mass is 523 g/mol. The molecular weight excluding hydrogens is 490 g/mol. The molecule has 8 nitrogen and oxygen atoms in total. The summed E-state index contributed by atoms with van der Waals surface area (Å²) in [5.74, 6) is 1.67. The zero-order valence-electron chi connectivity index (χ0n) is 22.2. The SMILES string of the molecule is Cc1ccc(Oc2ccc3nc(NC(=O)C4CC4)cn3n2)cc1CC(=O)c1ccc(CN2CCCCC2)cc1. The Morgan fingerprint density at radius 1 is 1.00 bits per heavy atom. The number of carbonyl (C=O) groups excluding carboxylic acids is 2. The van der Waals surface area contributed by atoms with Crippen molar-refractivity contribution in [3.63, 3.8) is 0 Å². The lowest BCUT2D eigenvalue weighted by molar-refractivity contribution is -0.117. The number of piperidine rings is 1. The van der Waals surface area contributed by atoms with Crippen LogP contribution in [0.4, 0.5) is 5.82 Å². The summed E-state index contributed by atoms with van der Waals surface area (Å²) in [6.45, 7) is 5.26. The lowest BCUT2D eigenvalue weighted by Crippen LogP contribution is -2.29. The summed E-state index contributed by atoms with van der Waals surface area (Å²) < 4.78 is 7.62. The summed E-state index contributed by atoms with van der Waals surface area (Å²) in [6.07, 6.45) is 7.72. The van der Waals surface area contributed by atoms with Gasteiger partial charge in [0.25, 0.3) is 0 Å². The Morgan fingerprint density at radius 3 is 2.56 bits per heavy atom. The topological polar surface area (TPSA) is 88.8 Å². The van der Waals surface area contributed by atoms with Crippen molar-refractivity contribution >= 4 is 23.2 Å². The van der Waals surface area contributed by atoms with E-state index in [1.807, 2.05) is 37.3 Å². The first kappa shape index (κ1) is 25.2. The molecule has 0 bridgehead atoms. The van der Waals surface area contributed by atoms with Crippen molar-refractivity contribution in [1.82, 2.24) is 19.5 Å². The minimum Gasteiger partial charge on any atom is -0.438 e. The predicted octanol–water partition coefficient (Wildman–Crippen LogP) is 5.59. The fraction of sp³-hybridized carbons (Fsp3) is 0.355. The number of nitrogens with one attached hydrogen (secondary N) is 1. The maximum atomic E-state index is 13.1. The quantitative estimate of drug-likeness (QED) is 0.288. The van der Waals surface area contributed by atoms with Crippen molar-refractivity contribution in [1.29, 1.82) is 0 Å². The number of Topliss-reactive ketones (excluding diaryl/α,β-unsaturated/α-hetero) is 1. The van der Waals surface area contributed by atoms with Gasteiger partial charge in [0.2, 0.25) is 11.8 Å². The number of rotatable bonds is 9. The van der Waals surface area contributed by atoms with E-state index in [9.17, 15) is 9.59 Å². The molecule has 1 amide bonds. The van der Waals surface area contributed by atoms with E-state index in [1.165, 1.54) is 24.8 Å². The van der Waals surface area contributed by atoms with Crippen molar-refractivity contribution in [3.8, 4) is 11.6 Å². The van der Waals surface area contributed by atoms with E-state index in [-0.39, 0.29) is 17.6 Å². The van der Waals surface area contributed by atoms with Crippen LogP contribution in [0.25, 0.3) is 5.65 Å². The molecule has 1 saturated heterocycles. The van der Waals surface area contributed by atoms with Gasteiger partial charge in [0, 0.05) is 30.5 Å². The summed E-state index contributed by atoms with van der Waals surface area (Å²) in [5, 5.41) is 7.32. The van der Waals surface area contributed by atoms with Crippen LogP contribution >= 0.6 is 0 Å². The van der Waals surface area contributed by atoms with Crippen LogP contribution in [0.1, 0.15) is 59.2 Å². The van der Waals surface area contributed by atoms with E-state index >= 15 is 0 Å². The van der Waals surface area contributed by atoms with Crippen molar-refractivity contribution in [2.24, 2.45) is 5.92 Å². The standard InChI is InChI=1S/C31H33N5O3/c1-21-5-12-26(39-30-14-13-29-32-28(20-36(29)34-30)33-31(38)24-10-11-24)17-25(21)18-27(37)23-8-6-22(7-9-23)19-35-15-3-2-4-16-35/h5-9,12-14,17,20,24H,2-4,10-11,15-16,18-19H2,1H3,(H,33,38). The van der Waals surface area contributed by atoms with Crippen molar-refractivity contribution < 1.29 is 14.3 Å². The number of hydrogen-bond donors (Lipinski definition) is 1. The lowest BCUT2D eigenvalue weighted by Gasteiger charge is -2.26. The minimum absolute atomic E-state index is 0.00464. The second-order valence-electron chi connectivity index (χ2n) is 10.7. The maximum absolute atomic E-state index is 13.1. The zero-order valence-corrected chi connectivity index (χ0v) is 22.2. The molecule has 0 atom stereocenters. The second kappa shape index (κ2) is 11.0. The number of aromatic nitrogens is 3. The third-order valence-corrected chi connectivity index (χ3v) is 7.52. The molecule has 2 aliphatic rings. The van der Waals surface area contributed by atoms with Gasteiger partial charge in [-0.25, -0.2) is 9.50 Å². The third kappa shape index (κ3) is 6.17. The third-order valence-electron chi connectivity index (χ3n) is 7.52. The zero-order chi connectivity index (χ0) is 26.8. The predicted molar refractivity (Wildman–Crippen MR) is 149 cm³/mol. The van der Waals surface area contributed by atoms with E-state index in [1.54, 1.807) is 22.8 Å². The second-order valence-corrected chi connectivity index (χ2v) is 10.7. The highest BCUT2D eigenvalue weighted by Gasteiger charge is 2.30. The van der Waals surface area contributed by atoms with Gasteiger partial charge in [-0.3, -0.25) is 14.5 Å². The number of likely N-dealkylation sites (tertiary alicyclic amines) is 1.